The zero-order valence-electron chi connectivity index (χ0n) is 18.5. The lowest BCUT2D eigenvalue weighted by Crippen LogP contribution is -2.42. The van der Waals surface area contributed by atoms with Gasteiger partial charge in [-0.15, -0.1) is 0 Å². The summed E-state index contributed by atoms with van der Waals surface area (Å²) in [4.78, 5) is 36.1. The number of nitrogen functional groups attached to an aromatic ring is 1. The van der Waals surface area contributed by atoms with Crippen LogP contribution in [0.1, 0.15) is 18.9 Å². The van der Waals surface area contributed by atoms with Gasteiger partial charge in [0.25, 0.3) is 0 Å². The van der Waals surface area contributed by atoms with Crippen molar-refractivity contribution in [2.24, 2.45) is 0 Å². The van der Waals surface area contributed by atoms with Crippen LogP contribution in [0.4, 0.5) is 5.82 Å². The van der Waals surface area contributed by atoms with Crippen LogP contribution in [0.25, 0.3) is 16.7 Å². The second-order valence-corrected chi connectivity index (χ2v) is 8.10. The molecule has 0 bridgehead atoms. The predicted molar refractivity (Wildman–Crippen MR) is 129 cm³/mol. The van der Waals surface area contributed by atoms with Gasteiger partial charge in [-0.25, -0.2) is 14.8 Å². The van der Waals surface area contributed by atoms with Gasteiger partial charge in [0.15, 0.2) is 0 Å². The van der Waals surface area contributed by atoms with E-state index < -0.39 is 0 Å². The van der Waals surface area contributed by atoms with Crippen LogP contribution in [0.2, 0.25) is 0 Å². The zero-order valence-corrected chi connectivity index (χ0v) is 18.5. The summed E-state index contributed by atoms with van der Waals surface area (Å²) >= 11 is 0. The quantitative estimate of drug-likeness (QED) is 0.462. The first kappa shape index (κ1) is 21.4. The molecule has 4 heterocycles. The molecule has 2 N–H and O–H groups in total. The van der Waals surface area contributed by atoms with Gasteiger partial charge in [0.2, 0.25) is 11.8 Å². The Balaban J connectivity index is 1.56. The number of fused-ring (bicyclic) bond motifs is 1. The van der Waals surface area contributed by atoms with Crippen molar-refractivity contribution in [2.75, 3.05) is 18.8 Å². The van der Waals surface area contributed by atoms with Crippen molar-refractivity contribution in [3.8, 4) is 17.3 Å². The Morgan fingerprint density at radius 1 is 1.12 bits per heavy atom. The fraction of sp³-hybridized carbons (Fsp3) is 0.200. The van der Waals surface area contributed by atoms with Crippen molar-refractivity contribution in [3.05, 3.63) is 84.1 Å². The van der Waals surface area contributed by atoms with Crippen molar-refractivity contribution < 1.29 is 9.53 Å². The molecule has 1 atom stereocenters. The first-order valence-corrected chi connectivity index (χ1v) is 11.0. The van der Waals surface area contributed by atoms with Gasteiger partial charge in [0.05, 0.1) is 17.2 Å². The van der Waals surface area contributed by atoms with E-state index in [9.17, 15) is 9.59 Å². The summed E-state index contributed by atoms with van der Waals surface area (Å²) < 4.78 is 9.07. The number of carbonyl (C=O) groups is 1. The normalized spacial score (nSPS) is 15.9. The Labute approximate surface area is 195 Å². The van der Waals surface area contributed by atoms with Gasteiger partial charge in [-0.3, -0.25) is 13.9 Å². The van der Waals surface area contributed by atoms with E-state index in [0.29, 0.717) is 41.4 Å². The number of anilines is 1. The molecule has 3 aromatic heterocycles. The molecule has 4 aromatic rings. The van der Waals surface area contributed by atoms with E-state index in [4.69, 9.17) is 10.5 Å². The monoisotopic (exact) mass is 456 g/mol. The smallest absolute Gasteiger partial charge is 0.334 e. The summed E-state index contributed by atoms with van der Waals surface area (Å²) in [5, 5.41) is 0. The van der Waals surface area contributed by atoms with E-state index in [2.05, 4.69) is 16.5 Å². The maximum absolute atomic E-state index is 13.7. The number of carbonyl (C=O) groups excluding carboxylic acids is 1. The third-order valence-electron chi connectivity index (χ3n) is 6.01. The second kappa shape index (κ2) is 8.86. The maximum atomic E-state index is 13.7. The number of piperidine rings is 1. The van der Waals surface area contributed by atoms with E-state index in [1.54, 1.807) is 62.8 Å². The largest absolute Gasteiger partial charge is 0.439 e. The van der Waals surface area contributed by atoms with Gasteiger partial charge < -0.3 is 15.4 Å². The lowest BCUT2D eigenvalue weighted by molar-refractivity contribution is -0.127. The van der Waals surface area contributed by atoms with Gasteiger partial charge in [0.1, 0.15) is 17.1 Å². The van der Waals surface area contributed by atoms with Crippen LogP contribution in [-0.2, 0) is 4.79 Å². The first-order chi connectivity index (χ1) is 16.6. The van der Waals surface area contributed by atoms with Crippen LogP contribution in [0.15, 0.2) is 78.4 Å². The van der Waals surface area contributed by atoms with Gasteiger partial charge in [-0.05, 0) is 55.3 Å². The highest BCUT2D eigenvalue weighted by molar-refractivity contribution is 5.88. The van der Waals surface area contributed by atoms with Gasteiger partial charge in [-0.2, -0.15) is 0 Å². The van der Waals surface area contributed by atoms with Crippen LogP contribution in [0.5, 0.6) is 11.6 Å². The third kappa shape index (κ3) is 3.81. The Kier molecular flexibility index (Phi) is 5.59. The molecule has 34 heavy (non-hydrogen) atoms. The molecule has 0 spiro atoms. The molecule has 5 rings (SSSR count). The average Bonchev–Trinajstić information content (AvgIpc) is 3.17. The number of nitrogens with zero attached hydrogens (tertiary/aromatic N) is 5. The number of aromatic nitrogens is 4. The Hall–Kier alpha value is -4.40. The number of hydrogen-bond donors (Lipinski definition) is 1. The summed E-state index contributed by atoms with van der Waals surface area (Å²) in [6.45, 7) is 4.67. The molecule has 1 fully saturated rings. The highest BCUT2D eigenvalue weighted by Gasteiger charge is 2.28. The summed E-state index contributed by atoms with van der Waals surface area (Å²) in [5.41, 5.74) is 7.87. The number of pyridine rings is 2. The minimum atomic E-state index is -0.231. The Morgan fingerprint density at radius 2 is 1.94 bits per heavy atom. The van der Waals surface area contributed by atoms with E-state index in [1.165, 1.54) is 6.08 Å². The standard InChI is InChI=1S/C25H24N6O3/c1-2-22(32)29-15-5-6-18(16-29)30-20-12-14-28-24(26)23(20)31(25(30)33)17-8-10-19(11-9-17)34-21-7-3-4-13-27-21/h2-4,7-14,18H,1,5-6,15-16H2,(H2,26,28)/t18-/m1/s1. The van der Waals surface area contributed by atoms with Crippen molar-refractivity contribution in [1.82, 2.24) is 24.0 Å². The highest BCUT2D eigenvalue weighted by Crippen LogP contribution is 2.29. The lowest BCUT2D eigenvalue weighted by atomic mass is 10.1. The fourth-order valence-electron chi connectivity index (χ4n) is 4.47. The molecule has 9 heteroatoms. The fourth-order valence-corrected chi connectivity index (χ4v) is 4.47. The third-order valence-corrected chi connectivity index (χ3v) is 6.01. The minimum absolute atomic E-state index is 0.133. The minimum Gasteiger partial charge on any atom is -0.439 e. The molecular formula is C25H24N6O3. The van der Waals surface area contributed by atoms with Crippen LogP contribution < -0.4 is 16.2 Å². The van der Waals surface area contributed by atoms with E-state index in [0.717, 1.165) is 12.8 Å². The highest BCUT2D eigenvalue weighted by atomic mass is 16.5. The van der Waals surface area contributed by atoms with Crippen molar-refractivity contribution in [1.29, 1.82) is 0 Å². The number of benzene rings is 1. The van der Waals surface area contributed by atoms with Gasteiger partial charge >= 0.3 is 5.69 Å². The molecule has 0 unspecified atom stereocenters. The van der Waals surface area contributed by atoms with E-state index in [1.807, 2.05) is 12.1 Å². The van der Waals surface area contributed by atoms with Crippen LogP contribution in [0.3, 0.4) is 0 Å². The molecule has 1 aliphatic rings. The summed E-state index contributed by atoms with van der Waals surface area (Å²) in [6, 6.07) is 14.2. The molecule has 0 saturated carbocycles. The van der Waals surface area contributed by atoms with Crippen molar-refractivity contribution >= 4 is 22.8 Å². The number of hydrogen-bond acceptors (Lipinski definition) is 6. The predicted octanol–water partition coefficient (Wildman–Crippen LogP) is 3.31. The Bertz CT molecular complexity index is 1410. The molecule has 0 radical (unpaired) electrons. The van der Waals surface area contributed by atoms with Crippen molar-refractivity contribution in [2.45, 2.75) is 18.9 Å². The number of imidazole rings is 1. The van der Waals surface area contributed by atoms with E-state index >= 15 is 0 Å². The number of ether oxygens (including phenoxy) is 1. The van der Waals surface area contributed by atoms with Crippen molar-refractivity contribution in [3.63, 3.8) is 0 Å². The van der Waals surface area contributed by atoms with Gasteiger partial charge in [0, 0.05) is 31.5 Å². The molecule has 1 saturated heterocycles. The zero-order chi connectivity index (χ0) is 23.7. The number of likely N-dealkylation sites (tertiary alicyclic amines) is 1. The molecule has 1 aliphatic heterocycles. The van der Waals surface area contributed by atoms with Crippen LogP contribution in [0, 0.1) is 0 Å². The molecule has 1 aromatic carbocycles. The van der Waals surface area contributed by atoms with Gasteiger partial charge in [-0.1, -0.05) is 12.6 Å². The van der Waals surface area contributed by atoms with Crippen LogP contribution >= 0.6 is 0 Å². The topological polar surface area (TPSA) is 108 Å². The lowest BCUT2D eigenvalue weighted by Gasteiger charge is -2.32. The number of nitrogens with two attached hydrogens (primary N) is 1. The van der Waals surface area contributed by atoms with E-state index in [-0.39, 0.29) is 23.5 Å². The number of amides is 1. The first-order valence-electron chi connectivity index (χ1n) is 11.0. The Morgan fingerprint density at radius 3 is 2.68 bits per heavy atom. The SMILES string of the molecule is C=CC(=O)N1CCC[C@@H](n2c(=O)n(-c3ccc(Oc4ccccn4)cc3)c3c(N)nccc32)C1. The second-order valence-electron chi connectivity index (χ2n) is 8.10. The molecular weight excluding hydrogens is 432 g/mol. The average molecular weight is 457 g/mol. The maximum Gasteiger partial charge on any atom is 0.334 e. The molecule has 9 nitrogen and oxygen atoms in total. The summed E-state index contributed by atoms with van der Waals surface area (Å²) in [7, 11) is 0. The molecule has 172 valence electrons. The molecule has 0 aliphatic carbocycles. The summed E-state index contributed by atoms with van der Waals surface area (Å²) in [5.74, 6) is 1.20. The number of rotatable bonds is 5. The summed E-state index contributed by atoms with van der Waals surface area (Å²) in [6.07, 6.45) is 6.13. The molecule has 1 amide bonds. The van der Waals surface area contributed by atoms with Crippen LogP contribution in [-0.4, -0.2) is 43.0 Å².